The second kappa shape index (κ2) is 5.00. The van der Waals surface area contributed by atoms with Crippen molar-refractivity contribution in [2.75, 3.05) is 4.72 Å². The summed E-state index contributed by atoms with van der Waals surface area (Å²) in [5.74, 6) is 0.788. The molecule has 7 heteroatoms. The molecular weight excluding hydrogens is 266 g/mol. The molecule has 0 unspecified atom stereocenters. The Hall–Kier alpha value is -1.89. The van der Waals surface area contributed by atoms with Crippen LogP contribution in [0.2, 0.25) is 0 Å². The van der Waals surface area contributed by atoms with Crippen molar-refractivity contribution in [3.63, 3.8) is 0 Å². The van der Waals surface area contributed by atoms with Crippen molar-refractivity contribution >= 4 is 15.7 Å². The summed E-state index contributed by atoms with van der Waals surface area (Å²) >= 11 is 0. The SMILES string of the molecule is Cc1noc(-c2ccccc2NS(=O)(=O)C(C)C)n1. The number of hydrogen-bond donors (Lipinski definition) is 1. The highest BCUT2D eigenvalue weighted by Crippen LogP contribution is 2.27. The van der Waals surface area contributed by atoms with E-state index in [2.05, 4.69) is 14.9 Å². The number of rotatable bonds is 4. The van der Waals surface area contributed by atoms with Crippen LogP contribution in [-0.2, 0) is 10.0 Å². The maximum Gasteiger partial charge on any atom is 0.260 e. The van der Waals surface area contributed by atoms with E-state index in [1.165, 1.54) is 0 Å². The van der Waals surface area contributed by atoms with Gasteiger partial charge in [0.1, 0.15) is 0 Å². The zero-order valence-corrected chi connectivity index (χ0v) is 11.7. The largest absolute Gasteiger partial charge is 0.334 e. The highest BCUT2D eigenvalue weighted by Gasteiger charge is 2.19. The van der Waals surface area contributed by atoms with Crippen molar-refractivity contribution in [1.82, 2.24) is 10.1 Å². The first-order valence-corrected chi connectivity index (χ1v) is 7.36. The first kappa shape index (κ1) is 13.5. The molecule has 1 aromatic carbocycles. The minimum absolute atomic E-state index is 0.291. The molecule has 0 aliphatic rings. The molecule has 6 nitrogen and oxygen atoms in total. The molecule has 0 bridgehead atoms. The fourth-order valence-corrected chi connectivity index (χ4v) is 2.16. The molecular formula is C12H15N3O3S. The summed E-state index contributed by atoms with van der Waals surface area (Å²) < 4.78 is 31.4. The fraction of sp³-hybridized carbons (Fsp3) is 0.333. The zero-order chi connectivity index (χ0) is 14.0. The summed E-state index contributed by atoms with van der Waals surface area (Å²) in [5.41, 5.74) is 0.993. The number of para-hydroxylation sites is 1. The third kappa shape index (κ3) is 2.93. The second-order valence-electron chi connectivity index (χ2n) is 4.39. The number of nitrogens with zero attached hydrogens (tertiary/aromatic N) is 2. The molecule has 0 radical (unpaired) electrons. The Balaban J connectivity index is 2.43. The summed E-state index contributed by atoms with van der Waals surface area (Å²) in [7, 11) is -3.41. The van der Waals surface area contributed by atoms with Gasteiger partial charge in [0.25, 0.3) is 5.89 Å². The van der Waals surface area contributed by atoms with Gasteiger partial charge in [0.15, 0.2) is 5.82 Å². The van der Waals surface area contributed by atoms with Crippen molar-refractivity contribution in [3.05, 3.63) is 30.1 Å². The Labute approximate surface area is 111 Å². The van der Waals surface area contributed by atoms with Crippen LogP contribution in [0.15, 0.2) is 28.8 Å². The predicted octanol–water partition coefficient (Wildman–Crippen LogP) is 2.20. The quantitative estimate of drug-likeness (QED) is 0.928. The average Bonchev–Trinajstić information content (AvgIpc) is 2.76. The van der Waals surface area contributed by atoms with Gasteiger partial charge in [0.2, 0.25) is 10.0 Å². The van der Waals surface area contributed by atoms with E-state index < -0.39 is 15.3 Å². The van der Waals surface area contributed by atoms with Gasteiger partial charge in [-0.2, -0.15) is 4.98 Å². The minimum atomic E-state index is -3.41. The molecule has 0 amide bonds. The Kier molecular flexibility index (Phi) is 3.57. The van der Waals surface area contributed by atoms with Crippen LogP contribution in [-0.4, -0.2) is 23.8 Å². The van der Waals surface area contributed by atoms with E-state index in [9.17, 15) is 8.42 Å². The minimum Gasteiger partial charge on any atom is -0.334 e. The van der Waals surface area contributed by atoms with Crippen LogP contribution >= 0.6 is 0 Å². The first-order chi connectivity index (χ1) is 8.90. The number of nitrogens with one attached hydrogen (secondary N) is 1. The van der Waals surface area contributed by atoms with Crippen molar-refractivity contribution in [2.45, 2.75) is 26.0 Å². The zero-order valence-electron chi connectivity index (χ0n) is 10.9. The van der Waals surface area contributed by atoms with Gasteiger partial charge in [-0.3, -0.25) is 4.72 Å². The standard InChI is InChI=1S/C12H15N3O3S/c1-8(2)19(16,17)15-11-7-5-4-6-10(11)12-13-9(3)14-18-12/h4-8,15H,1-3H3. The number of benzene rings is 1. The lowest BCUT2D eigenvalue weighted by Crippen LogP contribution is -2.22. The van der Waals surface area contributed by atoms with Gasteiger partial charge in [-0.05, 0) is 32.9 Å². The molecule has 0 aliphatic heterocycles. The number of hydrogen-bond acceptors (Lipinski definition) is 5. The number of anilines is 1. The normalized spacial score (nSPS) is 11.8. The molecule has 0 atom stereocenters. The molecule has 0 fully saturated rings. The van der Waals surface area contributed by atoms with Gasteiger partial charge in [0, 0.05) is 0 Å². The highest BCUT2D eigenvalue weighted by atomic mass is 32.2. The lowest BCUT2D eigenvalue weighted by molar-refractivity contribution is 0.426. The van der Waals surface area contributed by atoms with Gasteiger partial charge in [0.05, 0.1) is 16.5 Å². The van der Waals surface area contributed by atoms with Crippen LogP contribution in [0.5, 0.6) is 0 Å². The lowest BCUT2D eigenvalue weighted by atomic mass is 10.2. The second-order valence-corrected chi connectivity index (χ2v) is 6.63. The predicted molar refractivity (Wildman–Crippen MR) is 72.1 cm³/mol. The third-order valence-electron chi connectivity index (χ3n) is 2.56. The monoisotopic (exact) mass is 281 g/mol. The molecule has 0 aliphatic carbocycles. The van der Waals surface area contributed by atoms with Gasteiger partial charge in [-0.1, -0.05) is 17.3 Å². The van der Waals surface area contributed by atoms with Crippen LogP contribution in [0.1, 0.15) is 19.7 Å². The first-order valence-electron chi connectivity index (χ1n) is 5.81. The van der Waals surface area contributed by atoms with E-state index in [1.807, 2.05) is 0 Å². The van der Waals surface area contributed by atoms with Crippen LogP contribution < -0.4 is 4.72 Å². The summed E-state index contributed by atoms with van der Waals surface area (Å²) in [6.45, 7) is 4.93. The Morgan fingerprint density at radius 2 is 1.95 bits per heavy atom. The molecule has 2 rings (SSSR count). The van der Waals surface area contributed by atoms with Crippen molar-refractivity contribution in [1.29, 1.82) is 0 Å². The highest BCUT2D eigenvalue weighted by molar-refractivity contribution is 7.93. The Bertz CT molecular complexity index is 677. The molecule has 1 heterocycles. The lowest BCUT2D eigenvalue weighted by Gasteiger charge is -2.12. The van der Waals surface area contributed by atoms with Crippen molar-refractivity contribution in [3.8, 4) is 11.5 Å². The number of aryl methyl sites for hydroxylation is 1. The smallest absolute Gasteiger partial charge is 0.260 e. The van der Waals surface area contributed by atoms with Gasteiger partial charge >= 0.3 is 0 Å². The van der Waals surface area contributed by atoms with Crippen LogP contribution in [0.4, 0.5) is 5.69 Å². The van der Waals surface area contributed by atoms with Crippen molar-refractivity contribution < 1.29 is 12.9 Å². The molecule has 102 valence electrons. The van der Waals surface area contributed by atoms with E-state index >= 15 is 0 Å². The third-order valence-corrected chi connectivity index (χ3v) is 4.30. The molecule has 19 heavy (non-hydrogen) atoms. The fourth-order valence-electron chi connectivity index (χ4n) is 1.44. The van der Waals surface area contributed by atoms with Crippen LogP contribution in [0, 0.1) is 6.92 Å². The average molecular weight is 281 g/mol. The van der Waals surface area contributed by atoms with Crippen molar-refractivity contribution in [2.24, 2.45) is 0 Å². The van der Waals surface area contributed by atoms with Gasteiger partial charge in [-0.25, -0.2) is 8.42 Å². The van der Waals surface area contributed by atoms with Gasteiger partial charge < -0.3 is 4.52 Å². The summed E-state index contributed by atoms with van der Waals surface area (Å²) in [6.07, 6.45) is 0. The topological polar surface area (TPSA) is 85.1 Å². The summed E-state index contributed by atoms with van der Waals surface area (Å²) in [6, 6.07) is 6.91. The van der Waals surface area contributed by atoms with E-state index in [-0.39, 0.29) is 0 Å². The number of aromatic nitrogens is 2. The van der Waals surface area contributed by atoms with E-state index in [4.69, 9.17) is 4.52 Å². The number of sulfonamides is 1. The summed E-state index contributed by atoms with van der Waals surface area (Å²) in [4.78, 5) is 4.10. The maximum absolute atomic E-state index is 11.9. The summed E-state index contributed by atoms with van der Waals surface area (Å²) in [5, 5.41) is 3.18. The van der Waals surface area contributed by atoms with Crippen LogP contribution in [0.25, 0.3) is 11.5 Å². The molecule has 0 spiro atoms. The molecule has 2 aromatic rings. The molecule has 0 saturated carbocycles. The molecule has 1 aromatic heterocycles. The van der Waals surface area contributed by atoms with E-state index in [0.29, 0.717) is 23.0 Å². The Morgan fingerprint density at radius 1 is 1.26 bits per heavy atom. The van der Waals surface area contributed by atoms with Gasteiger partial charge in [-0.15, -0.1) is 0 Å². The maximum atomic E-state index is 11.9. The van der Waals surface area contributed by atoms with E-state index in [1.54, 1.807) is 45.0 Å². The van der Waals surface area contributed by atoms with Crippen LogP contribution in [0.3, 0.4) is 0 Å². The molecule has 1 N–H and O–H groups in total. The molecule has 0 saturated heterocycles. The van der Waals surface area contributed by atoms with E-state index in [0.717, 1.165) is 0 Å². The Morgan fingerprint density at radius 3 is 2.53 bits per heavy atom.